The second kappa shape index (κ2) is 10.6. The summed E-state index contributed by atoms with van der Waals surface area (Å²) in [6.07, 6.45) is 4.44. The van der Waals surface area contributed by atoms with Crippen molar-refractivity contribution in [2.24, 2.45) is 5.92 Å². The largest absolute Gasteiger partial charge is 0.393 e. The lowest BCUT2D eigenvalue weighted by Gasteiger charge is -2.33. The molecular weight excluding hydrogens is 242 g/mol. The maximum atomic E-state index is 10.1. The van der Waals surface area contributed by atoms with Crippen molar-refractivity contribution in [2.75, 3.05) is 46.1 Å². The lowest BCUT2D eigenvalue weighted by molar-refractivity contribution is 0.0269. The Kier molecular flexibility index (Phi) is 9.43. The summed E-state index contributed by atoms with van der Waals surface area (Å²) in [5.74, 6) is 0.428. The maximum Gasteiger partial charge on any atom is 0.0593 e. The van der Waals surface area contributed by atoms with Crippen molar-refractivity contribution in [2.45, 2.75) is 45.6 Å². The topological polar surface area (TPSA) is 41.9 Å². The average Bonchev–Trinajstić information content (AvgIpc) is 2.41. The van der Waals surface area contributed by atoms with Crippen LogP contribution in [-0.2, 0) is 9.47 Å². The molecule has 114 valence electrons. The van der Waals surface area contributed by atoms with Gasteiger partial charge in [-0.2, -0.15) is 0 Å². The van der Waals surface area contributed by atoms with Gasteiger partial charge in [-0.1, -0.05) is 12.8 Å². The van der Waals surface area contributed by atoms with Crippen LogP contribution in [0.4, 0.5) is 0 Å². The third kappa shape index (κ3) is 7.25. The molecule has 0 radical (unpaired) electrons. The van der Waals surface area contributed by atoms with E-state index in [0.29, 0.717) is 5.92 Å². The molecule has 2 atom stereocenters. The SMILES string of the molecule is CCOCCN(CCOCC)CC1CCCCC1O. The van der Waals surface area contributed by atoms with Gasteiger partial charge in [0.2, 0.25) is 0 Å². The van der Waals surface area contributed by atoms with Crippen LogP contribution in [0.3, 0.4) is 0 Å². The van der Waals surface area contributed by atoms with Crippen molar-refractivity contribution in [1.29, 1.82) is 0 Å². The Morgan fingerprint density at radius 2 is 1.58 bits per heavy atom. The van der Waals surface area contributed by atoms with Crippen LogP contribution in [0.25, 0.3) is 0 Å². The van der Waals surface area contributed by atoms with Crippen LogP contribution in [0, 0.1) is 5.92 Å². The summed E-state index contributed by atoms with van der Waals surface area (Å²) in [4.78, 5) is 2.38. The molecule has 1 N–H and O–H groups in total. The summed E-state index contributed by atoms with van der Waals surface area (Å²) in [5.41, 5.74) is 0. The first-order valence-electron chi connectivity index (χ1n) is 7.83. The molecule has 19 heavy (non-hydrogen) atoms. The van der Waals surface area contributed by atoms with Gasteiger partial charge in [0, 0.05) is 32.8 Å². The molecule has 2 unspecified atom stereocenters. The van der Waals surface area contributed by atoms with E-state index in [0.717, 1.165) is 58.9 Å². The lowest BCUT2D eigenvalue weighted by atomic mass is 9.86. The van der Waals surface area contributed by atoms with E-state index in [-0.39, 0.29) is 6.10 Å². The van der Waals surface area contributed by atoms with E-state index in [1.54, 1.807) is 0 Å². The van der Waals surface area contributed by atoms with Crippen LogP contribution in [0.5, 0.6) is 0 Å². The van der Waals surface area contributed by atoms with E-state index in [2.05, 4.69) is 4.90 Å². The Bertz CT molecular complexity index is 204. The van der Waals surface area contributed by atoms with Gasteiger partial charge in [0.15, 0.2) is 0 Å². The summed E-state index contributed by atoms with van der Waals surface area (Å²) in [5, 5.41) is 10.1. The second-order valence-electron chi connectivity index (χ2n) is 5.31. The van der Waals surface area contributed by atoms with Gasteiger partial charge >= 0.3 is 0 Å². The Balaban J connectivity index is 2.32. The molecule has 1 fully saturated rings. The average molecular weight is 273 g/mol. The van der Waals surface area contributed by atoms with Gasteiger partial charge in [0.1, 0.15) is 0 Å². The van der Waals surface area contributed by atoms with E-state index in [9.17, 15) is 5.11 Å². The summed E-state index contributed by atoms with van der Waals surface area (Å²) < 4.78 is 10.9. The van der Waals surface area contributed by atoms with Crippen molar-refractivity contribution in [3.8, 4) is 0 Å². The molecule has 1 aliphatic carbocycles. The molecule has 1 aliphatic rings. The first kappa shape index (κ1) is 16.9. The van der Waals surface area contributed by atoms with Gasteiger partial charge in [-0.3, -0.25) is 4.90 Å². The fraction of sp³-hybridized carbons (Fsp3) is 1.00. The maximum absolute atomic E-state index is 10.1. The van der Waals surface area contributed by atoms with Crippen molar-refractivity contribution in [3.63, 3.8) is 0 Å². The normalized spacial score (nSPS) is 24.0. The molecule has 0 spiro atoms. The smallest absolute Gasteiger partial charge is 0.0593 e. The van der Waals surface area contributed by atoms with Crippen LogP contribution in [0.1, 0.15) is 39.5 Å². The number of aliphatic hydroxyl groups is 1. The van der Waals surface area contributed by atoms with Crippen LogP contribution < -0.4 is 0 Å². The highest BCUT2D eigenvalue weighted by Crippen LogP contribution is 2.25. The number of rotatable bonds is 10. The van der Waals surface area contributed by atoms with Crippen LogP contribution >= 0.6 is 0 Å². The molecule has 0 aromatic rings. The molecule has 0 aromatic heterocycles. The number of hydrogen-bond donors (Lipinski definition) is 1. The van der Waals surface area contributed by atoms with Crippen molar-refractivity contribution >= 4 is 0 Å². The number of ether oxygens (including phenoxy) is 2. The highest BCUT2D eigenvalue weighted by Gasteiger charge is 2.24. The summed E-state index contributed by atoms with van der Waals surface area (Å²) in [6, 6.07) is 0. The zero-order valence-corrected chi connectivity index (χ0v) is 12.6. The van der Waals surface area contributed by atoms with Gasteiger partial charge < -0.3 is 14.6 Å². The minimum Gasteiger partial charge on any atom is -0.393 e. The fourth-order valence-electron chi connectivity index (χ4n) is 2.70. The lowest BCUT2D eigenvalue weighted by Crippen LogP contribution is -2.40. The van der Waals surface area contributed by atoms with Crippen molar-refractivity contribution in [1.82, 2.24) is 4.90 Å². The quantitative estimate of drug-likeness (QED) is 0.617. The van der Waals surface area contributed by atoms with Crippen LogP contribution in [0.2, 0.25) is 0 Å². The number of hydrogen-bond acceptors (Lipinski definition) is 4. The van der Waals surface area contributed by atoms with Crippen molar-refractivity contribution in [3.05, 3.63) is 0 Å². The standard InChI is InChI=1S/C15H31NO3/c1-3-18-11-9-16(10-12-19-4-2)13-14-7-5-6-8-15(14)17/h14-15,17H,3-13H2,1-2H3. The molecule has 4 nitrogen and oxygen atoms in total. The molecule has 4 heteroatoms. The predicted octanol–water partition coefficient (Wildman–Crippen LogP) is 1.91. The third-order valence-corrected chi connectivity index (χ3v) is 3.87. The summed E-state index contributed by atoms with van der Waals surface area (Å²) >= 11 is 0. The molecule has 0 aromatic carbocycles. The van der Waals surface area contributed by atoms with Crippen LogP contribution in [0.15, 0.2) is 0 Å². The molecular formula is C15H31NO3. The van der Waals surface area contributed by atoms with E-state index < -0.39 is 0 Å². The molecule has 0 saturated heterocycles. The van der Waals surface area contributed by atoms with Gasteiger partial charge in [0.05, 0.1) is 19.3 Å². The Morgan fingerprint density at radius 3 is 2.11 bits per heavy atom. The van der Waals surface area contributed by atoms with Gasteiger partial charge in [-0.25, -0.2) is 0 Å². The van der Waals surface area contributed by atoms with Gasteiger partial charge in [0.25, 0.3) is 0 Å². The molecule has 1 saturated carbocycles. The molecule has 0 heterocycles. The summed E-state index contributed by atoms with van der Waals surface area (Å²) in [6.45, 7) is 9.97. The third-order valence-electron chi connectivity index (χ3n) is 3.87. The highest BCUT2D eigenvalue weighted by molar-refractivity contribution is 4.77. The zero-order chi connectivity index (χ0) is 13.9. The van der Waals surface area contributed by atoms with E-state index >= 15 is 0 Å². The number of nitrogens with zero attached hydrogens (tertiary/aromatic N) is 1. The first-order chi connectivity index (χ1) is 9.27. The Labute approximate surface area is 118 Å². The fourth-order valence-corrected chi connectivity index (χ4v) is 2.70. The van der Waals surface area contributed by atoms with Gasteiger partial charge in [-0.15, -0.1) is 0 Å². The summed E-state index contributed by atoms with van der Waals surface area (Å²) in [7, 11) is 0. The minimum atomic E-state index is -0.115. The molecule has 0 aliphatic heterocycles. The molecule has 0 amide bonds. The molecule has 0 bridgehead atoms. The zero-order valence-electron chi connectivity index (χ0n) is 12.6. The molecule has 1 rings (SSSR count). The van der Waals surface area contributed by atoms with E-state index in [1.807, 2.05) is 13.8 Å². The van der Waals surface area contributed by atoms with Crippen LogP contribution in [-0.4, -0.2) is 62.2 Å². The van der Waals surface area contributed by atoms with Crippen molar-refractivity contribution < 1.29 is 14.6 Å². The highest BCUT2D eigenvalue weighted by atomic mass is 16.5. The second-order valence-corrected chi connectivity index (χ2v) is 5.31. The van der Waals surface area contributed by atoms with Gasteiger partial charge in [-0.05, 0) is 32.6 Å². The van der Waals surface area contributed by atoms with E-state index in [4.69, 9.17) is 9.47 Å². The predicted molar refractivity (Wildman–Crippen MR) is 77.4 cm³/mol. The first-order valence-corrected chi connectivity index (χ1v) is 7.83. The number of aliphatic hydroxyl groups excluding tert-OH is 1. The Hall–Kier alpha value is -0.160. The Morgan fingerprint density at radius 1 is 1.00 bits per heavy atom. The monoisotopic (exact) mass is 273 g/mol. The minimum absolute atomic E-state index is 0.115. The van der Waals surface area contributed by atoms with E-state index in [1.165, 1.54) is 12.8 Å².